The molecule has 4 heteroatoms. The highest BCUT2D eigenvalue weighted by atomic mass is 16.3. The predicted octanol–water partition coefficient (Wildman–Crippen LogP) is 2.51. The lowest BCUT2D eigenvalue weighted by Gasteiger charge is -2.52. The van der Waals surface area contributed by atoms with E-state index in [1.165, 1.54) is 38.5 Å². The van der Waals surface area contributed by atoms with Crippen LogP contribution in [-0.2, 0) is 0 Å². The topological polar surface area (TPSA) is 52.6 Å². The fourth-order valence-corrected chi connectivity index (χ4v) is 4.06. The molecule has 3 rings (SSSR count). The molecular weight excluding hydrogens is 252 g/mol. The molecule has 2 amide bonds. The van der Waals surface area contributed by atoms with Crippen molar-refractivity contribution in [1.82, 2.24) is 10.2 Å². The first-order chi connectivity index (χ1) is 9.57. The van der Waals surface area contributed by atoms with Crippen LogP contribution in [0.25, 0.3) is 0 Å². The predicted molar refractivity (Wildman–Crippen MR) is 78.5 cm³/mol. The average molecular weight is 280 g/mol. The number of hydrogen-bond donors (Lipinski definition) is 2. The maximum Gasteiger partial charge on any atom is 0.317 e. The average Bonchev–Trinajstić information content (AvgIpc) is 2.73. The monoisotopic (exact) mass is 280 g/mol. The van der Waals surface area contributed by atoms with Crippen molar-refractivity contribution in [1.29, 1.82) is 0 Å². The fourth-order valence-electron chi connectivity index (χ4n) is 4.06. The van der Waals surface area contributed by atoms with Gasteiger partial charge in [0.15, 0.2) is 0 Å². The van der Waals surface area contributed by atoms with Crippen molar-refractivity contribution in [3.63, 3.8) is 0 Å². The molecule has 3 aliphatic rings. The zero-order valence-corrected chi connectivity index (χ0v) is 12.7. The van der Waals surface area contributed by atoms with Gasteiger partial charge in [0, 0.05) is 13.1 Å². The first-order valence-corrected chi connectivity index (χ1v) is 8.32. The van der Waals surface area contributed by atoms with Gasteiger partial charge in [-0.15, -0.1) is 0 Å². The second-order valence-corrected chi connectivity index (χ2v) is 7.25. The van der Waals surface area contributed by atoms with Crippen LogP contribution in [0.3, 0.4) is 0 Å². The van der Waals surface area contributed by atoms with Crippen molar-refractivity contribution in [2.45, 2.75) is 63.9 Å². The molecular formula is C16H28N2O2. The van der Waals surface area contributed by atoms with Crippen molar-refractivity contribution in [3.05, 3.63) is 0 Å². The summed E-state index contributed by atoms with van der Waals surface area (Å²) >= 11 is 0. The minimum absolute atomic E-state index is 0.0278. The third-order valence-corrected chi connectivity index (χ3v) is 6.19. The lowest BCUT2D eigenvalue weighted by molar-refractivity contribution is 0.00407. The second-order valence-electron chi connectivity index (χ2n) is 7.25. The number of nitrogens with one attached hydrogen (secondary N) is 1. The van der Waals surface area contributed by atoms with Crippen molar-refractivity contribution in [2.75, 3.05) is 19.6 Å². The zero-order valence-electron chi connectivity index (χ0n) is 12.7. The molecule has 2 saturated carbocycles. The Bertz CT molecular complexity index is 377. The van der Waals surface area contributed by atoms with Crippen molar-refractivity contribution in [2.24, 2.45) is 11.3 Å². The summed E-state index contributed by atoms with van der Waals surface area (Å²) in [6.07, 6.45) is 9.42. The van der Waals surface area contributed by atoms with Crippen molar-refractivity contribution < 1.29 is 9.90 Å². The molecule has 0 aromatic heterocycles. The smallest absolute Gasteiger partial charge is 0.317 e. The van der Waals surface area contributed by atoms with Crippen LogP contribution < -0.4 is 5.32 Å². The molecule has 0 aromatic carbocycles. The Morgan fingerprint density at radius 2 is 2.05 bits per heavy atom. The molecule has 2 aliphatic carbocycles. The van der Waals surface area contributed by atoms with Gasteiger partial charge in [0.2, 0.25) is 0 Å². The van der Waals surface area contributed by atoms with E-state index in [4.69, 9.17) is 0 Å². The lowest BCUT2D eigenvalue weighted by atomic mass is 9.55. The minimum atomic E-state index is -0.653. The Balaban J connectivity index is 1.50. The molecule has 4 nitrogen and oxygen atoms in total. The van der Waals surface area contributed by atoms with Crippen molar-refractivity contribution >= 4 is 6.03 Å². The summed E-state index contributed by atoms with van der Waals surface area (Å²) in [5.74, 6) is 0.850. The maximum atomic E-state index is 12.3. The van der Waals surface area contributed by atoms with Crippen LogP contribution >= 0.6 is 0 Å². The Morgan fingerprint density at radius 1 is 1.30 bits per heavy atom. The highest BCUT2D eigenvalue weighted by Gasteiger charge is 2.46. The fraction of sp³-hybridized carbons (Fsp3) is 0.938. The van der Waals surface area contributed by atoms with E-state index in [1.54, 1.807) is 4.90 Å². The maximum absolute atomic E-state index is 12.3. The number of carbonyl (C=O) groups excluding carboxylic acids is 1. The molecule has 1 atom stereocenters. The third kappa shape index (κ3) is 2.43. The van der Waals surface area contributed by atoms with Crippen LogP contribution in [0.1, 0.15) is 58.3 Å². The summed E-state index contributed by atoms with van der Waals surface area (Å²) in [5, 5.41) is 13.4. The number of amides is 2. The van der Waals surface area contributed by atoms with Gasteiger partial charge in [0.25, 0.3) is 0 Å². The van der Waals surface area contributed by atoms with Gasteiger partial charge in [-0.2, -0.15) is 0 Å². The molecule has 114 valence electrons. The van der Waals surface area contributed by atoms with E-state index in [0.717, 1.165) is 18.9 Å². The highest BCUT2D eigenvalue weighted by molar-refractivity contribution is 5.74. The summed E-state index contributed by atoms with van der Waals surface area (Å²) < 4.78 is 0. The molecule has 1 heterocycles. The van der Waals surface area contributed by atoms with Crippen LogP contribution in [0.15, 0.2) is 0 Å². The summed E-state index contributed by atoms with van der Waals surface area (Å²) in [4.78, 5) is 14.1. The molecule has 0 spiro atoms. The van der Waals surface area contributed by atoms with Gasteiger partial charge in [0.05, 0.1) is 12.1 Å². The standard InChI is InChI=1S/C16H28N2O2/c1-2-16(20)9-10-18(12-16)14(19)17-11-15(7-4-8-15)13-5-3-6-13/h13,20H,2-12H2,1H3,(H,17,19). The van der Waals surface area contributed by atoms with Gasteiger partial charge >= 0.3 is 6.03 Å². The van der Waals surface area contributed by atoms with Gasteiger partial charge in [-0.05, 0) is 49.9 Å². The second kappa shape index (κ2) is 5.21. The molecule has 0 bridgehead atoms. The van der Waals surface area contributed by atoms with Crippen LogP contribution in [0, 0.1) is 11.3 Å². The van der Waals surface area contributed by atoms with E-state index in [9.17, 15) is 9.90 Å². The number of hydrogen-bond acceptors (Lipinski definition) is 2. The Morgan fingerprint density at radius 3 is 2.50 bits per heavy atom. The zero-order chi connectivity index (χ0) is 14.2. The SMILES string of the molecule is CCC1(O)CCN(C(=O)NCC2(C3CCC3)CCC2)C1. The Kier molecular flexibility index (Phi) is 3.69. The molecule has 20 heavy (non-hydrogen) atoms. The minimum Gasteiger partial charge on any atom is -0.388 e. The van der Waals surface area contributed by atoms with E-state index >= 15 is 0 Å². The number of urea groups is 1. The molecule has 3 fully saturated rings. The van der Waals surface area contributed by atoms with E-state index in [1.807, 2.05) is 6.92 Å². The Labute approximate surface area is 121 Å². The molecule has 2 N–H and O–H groups in total. The van der Waals surface area contributed by atoms with Crippen molar-refractivity contribution in [3.8, 4) is 0 Å². The molecule has 1 aliphatic heterocycles. The van der Waals surface area contributed by atoms with E-state index in [0.29, 0.717) is 24.9 Å². The number of nitrogens with zero attached hydrogens (tertiary/aromatic N) is 1. The van der Waals surface area contributed by atoms with Crippen LogP contribution in [0.2, 0.25) is 0 Å². The van der Waals surface area contributed by atoms with Gasteiger partial charge in [0.1, 0.15) is 0 Å². The van der Waals surface area contributed by atoms with Crippen LogP contribution in [0.4, 0.5) is 4.79 Å². The summed E-state index contributed by atoms with van der Waals surface area (Å²) in [5.41, 5.74) is -0.242. The van der Waals surface area contributed by atoms with Crippen LogP contribution in [-0.4, -0.2) is 41.3 Å². The van der Waals surface area contributed by atoms with E-state index in [2.05, 4.69) is 5.32 Å². The summed E-state index contributed by atoms with van der Waals surface area (Å²) in [6, 6.07) is 0.0278. The molecule has 0 radical (unpaired) electrons. The number of likely N-dealkylation sites (tertiary alicyclic amines) is 1. The molecule has 0 aromatic rings. The van der Waals surface area contributed by atoms with E-state index in [-0.39, 0.29) is 6.03 Å². The van der Waals surface area contributed by atoms with Gasteiger partial charge < -0.3 is 15.3 Å². The molecule has 1 saturated heterocycles. The van der Waals surface area contributed by atoms with Gasteiger partial charge in [-0.1, -0.05) is 19.8 Å². The first-order valence-electron chi connectivity index (χ1n) is 8.32. The summed E-state index contributed by atoms with van der Waals surface area (Å²) in [6.45, 7) is 4.01. The van der Waals surface area contributed by atoms with Gasteiger partial charge in [-0.3, -0.25) is 0 Å². The van der Waals surface area contributed by atoms with Gasteiger partial charge in [-0.25, -0.2) is 4.79 Å². The summed E-state index contributed by atoms with van der Waals surface area (Å²) in [7, 11) is 0. The first kappa shape index (κ1) is 14.2. The largest absolute Gasteiger partial charge is 0.388 e. The highest BCUT2D eigenvalue weighted by Crippen LogP contribution is 2.53. The quantitative estimate of drug-likeness (QED) is 0.831. The number of rotatable bonds is 4. The number of carbonyl (C=O) groups is 1. The normalized spacial score (nSPS) is 32.6. The number of β-amino-alcohol motifs (C(OH)–C–C–N with tert-alkyl or cyclic N) is 1. The third-order valence-electron chi connectivity index (χ3n) is 6.19. The van der Waals surface area contributed by atoms with E-state index < -0.39 is 5.60 Å². The molecule has 1 unspecified atom stereocenters. The lowest BCUT2D eigenvalue weighted by Crippen LogP contribution is -2.51. The van der Waals surface area contributed by atoms with Crippen LogP contribution in [0.5, 0.6) is 0 Å². The Hall–Kier alpha value is -0.770. The number of aliphatic hydroxyl groups is 1.